The number of aliphatic carboxylic acids is 1. The fourth-order valence-corrected chi connectivity index (χ4v) is 2.24. The molecule has 0 aromatic heterocycles. The highest BCUT2D eigenvalue weighted by molar-refractivity contribution is 5.81. The summed E-state index contributed by atoms with van der Waals surface area (Å²) in [5, 5.41) is 8.84. The van der Waals surface area contributed by atoms with Gasteiger partial charge in [0.1, 0.15) is 5.54 Å². The van der Waals surface area contributed by atoms with E-state index in [4.69, 9.17) is 5.11 Å². The van der Waals surface area contributed by atoms with Gasteiger partial charge in [-0.2, -0.15) is 0 Å². The van der Waals surface area contributed by atoms with E-state index in [1.54, 1.807) is 0 Å². The van der Waals surface area contributed by atoms with Gasteiger partial charge in [-0.3, -0.25) is 9.69 Å². The molecule has 3 aliphatic rings. The molecule has 0 atom stereocenters. The van der Waals surface area contributed by atoms with Crippen LogP contribution < -0.4 is 0 Å². The SMILES string of the molecule is CN1CC2CC1(C(=O)O)C2. The lowest BCUT2D eigenvalue weighted by molar-refractivity contribution is -0.151. The summed E-state index contributed by atoms with van der Waals surface area (Å²) < 4.78 is 0. The molecule has 1 N–H and O–H groups in total. The summed E-state index contributed by atoms with van der Waals surface area (Å²) in [6.45, 7) is 0.978. The van der Waals surface area contributed by atoms with Crippen LogP contribution in [0, 0.1) is 5.92 Å². The van der Waals surface area contributed by atoms with Crippen LogP contribution in [0.1, 0.15) is 12.8 Å². The number of carboxylic acid groups (broad SMARTS) is 1. The second kappa shape index (κ2) is 1.53. The van der Waals surface area contributed by atoms with Crippen LogP contribution in [0.2, 0.25) is 0 Å². The van der Waals surface area contributed by atoms with Gasteiger partial charge in [-0.05, 0) is 25.8 Å². The summed E-state index contributed by atoms with van der Waals surface area (Å²) in [6, 6.07) is 0. The molecule has 0 spiro atoms. The molecule has 0 radical (unpaired) electrons. The van der Waals surface area contributed by atoms with Gasteiger partial charge >= 0.3 is 5.97 Å². The second-order valence-electron chi connectivity index (χ2n) is 3.49. The largest absolute Gasteiger partial charge is 0.480 e. The molecular formula is C7H11NO2. The Morgan fingerprint density at radius 1 is 1.70 bits per heavy atom. The van der Waals surface area contributed by atoms with Gasteiger partial charge in [0.15, 0.2) is 0 Å². The van der Waals surface area contributed by atoms with Gasteiger partial charge in [-0.1, -0.05) is 0 Å². The zero-order valence-electron chi connectivity index (χ0n) is 6.00. The average molecular weight is 141 g/mol. The van der Waals surface area contributed by atoms with Crippen LogP contribution in [0.25, 0.3) is 0 Å². The Hall–Kier alpha value is -0.570. The Bertz CT molecular complexity index is 184. The molecule has 0 aromatic carbocycles. The maximum Gasteiger partial charge on any atom is 0.324 e. The number of carboxylic acids is 1. The van der Waals surface area contributed by atoms with E-state index in [0.29, 0.717) is 5.92 Å². The van der Waals surface area contributed by atoms with Crippen LogP contribution >= 0.6 is 0 Å². The number of hydrogen-bond acceptors (Lipinski definition) is 2. The minimum Gasteiger partial charge on any atom is -0.480 e. The zero-order valence-corrected chi connectivity index (χ0v) is 6.00. The molecule has 0 unspecified atom stereocenters. The van der Waals surface area contributed by atoms with Crippen LogP contribution in [-0.2, 0) is 4.79 Å². The van der Waals surface area contributed by atoms with Crippen molar-refractivity contribution in [2.24, 2.45) is 5.92 Å². The molecule has 2 heterocycles. The summed E-state index contributed by atoms with van der Waals surface area (Å²) in [5.41, 5.74) is -0.454. The lowest BCUT2D eigenvalue weighted by atomic mass is 9.73. The van der Waals surface area contributed by atoms with Crippen molar-refractivity contribution in [3.05, 3.63) is 0 Å². The first-order valence-electron chi connectivity index (χ1n) is 3.60. The van der Waals surface area contributed by atoms with Crippen LogP contribution in [-0.4, -0.2) is 35.1 Å². The quantitative estimate of drug-likeness (QED) is 0.565. The molecule has 2 aliphatic heterocycles. The maximum atomic E-state index is 10.7. The molecule has 3 heteroatoms. The first-order chi connectivity index (χ1) is 4.65. The third kappa shape index (κ3) is 0.475. The first-order valence-corrected chi connectivity index (χ1v) is 3.60. The number of carbonyl (C=O) groups is 1. The molecule has 10 heavy (non-hydrogen) atoms. The van der Waals surface area contributed by atoms with Crippen molar-refractivity contribution >= 4 is 5.97 Å². The molecule has 0 amide bonds. The number of fused-ring (bicyclic) bond motifs is 1. The Labute approximate surface area is 59.6 Å². The third-order valence-electron chi connectivity index (χ3n) is 2.91. The number of nitrogens with zero attached hydrogens (tertiary/aromatic N) is 1. The van der Waals surface area contributed by atoms with Crippen molar-refractivity contribution in [1.82, 2.24) is 4.90 Å². The van der Waals surface area contributed by atoms with Gasteiger partial charge in [0.05, 0.1) is 0 Å². The summed E-state index contributed by atoms with van der Waals surface area (Å²) >= 11 is 0. The van der Waals surface area contributed by atoms with Gasteiger partial charge in [-0.25, -0.2) is 0 Å². The van der Waals surface area contributed by atoms with E-state index < -0.39 is 11.5 Å². The molecule has 3 rings (SSSR count). The summed E-state index contributed by atoms with van der Waals surface area (Å²) in [7, 11) is 1.90. The van der Waals surface area contributed by atoms with Gasteiger partial charge in [0, 0.05) is 6.54 Å². The highest BCUT2D eigenvalue weighted by Crippen LogP contribution is 2.49. The second-order valence-corrected chi connectivity index (χ2v) is 3.49. The van der Waals surface area contributed by atoms with E-state index in [1.165, 1.54) is 0 Å². The molecule has 2 saturated heterocycles. The summed E-state index contributed by atoms with van der Waals surface area (Å²) in [5.74, 6) is 0.0323. The number of hydrogen-bond donors (Lipinski definition) is 1. The topological polar surface area (TPSA) is 40.5 Å². The van der Waals surface area contributed by atoms with Crippen molar-refractivity contribution in [2.75, 3.05) is 13.6 Å². The predicted molar refractivity (Wildman–Crippen MR) is 35.7 cm³/mol. The Morgan fingerprint density at radius 2 is 2.30 bits per heavy atom. The fourth-order valence-electron chi connectivity index (χ4n) is 2.24. The van der Waals surface area contributed by atoms with E-state index >= 15 is 0 Å². The molecule has 3 nitrogen and oxygen atoms in total. The Balaban J connectivity index is 2.25. The average Bonchev–Trinajstić information content (AvgIpc) is 2.15. The molecule has 2 bridgehead atoms. The lowest BCUT2D eigenvalue weighted by Crippen LogP contribution is -2.51. The zero-order chi connectivity index (χ0) is 7.35. The fraction of sp³-hybridized carbons (Fsp3) is 0.857. The summed E-state index contributed by atoms with van der Waals surface area (Å²) in [4.78, 5) is 12.7. The highest BCUT2D eigenvalue weighted by Gasteiger charge is 2.59. The number of likely N-dealkylation sites (N-methyl/N-ethyl adjacent to an activating group) is 1. The molecular weight excluding hydrogens is 130 g/mol. The predicted octanol–water partition coefficient (Wildman–Crippen LogP) is 0.165. The van der Waals surface area contributed by atoms with Crippen molar-refractivity contribution in [3.63, 3.8) is 0 Å². The molecule has 1 aliphatic carbocycles. The Morgan fingerprint density at radius 3 is 2.50 bits per heavy atom. The van der Waals surface area contributed by atoms with Crippen molar-refractivity contribution in [2.45, 2.75) is 18.4 Å². The lowest BCUT2D eigenvalue weighted by Gasteiger charge is -2.36. The molecule has 56 valence electrons. The molecule has 0 aromatic rings. The maximum absolute atomic E-state index is 10.7. The smallest absolute Gasteiger partial charge is 0.324 e. The van der Waals surface area contributed by atoms with Gasteiger partial charge < -0.3 is 5.11 Å². The van der Waals surface area contributed by atoms with E-state index in [-0.39, 0.29) is 0 Å². The van der Waals surface area contributed by atoms with Crippen LogP contribution in [0.15, 0.2) is 0 Å². The van der Waals surface area contributed by atoms with Crippen LogP contribution in [0.3, 0.4) is 0 Å². The number of rotatable bonds is 1. The van der Waals surface area contributed by atoms with Crippen LogP contribution in [0.5, 0.6) is 0 Å². The first kappa shape index (κ1) is 6.16. The van der Waals surface area contributed by atoms with Crippen molar-refractivity contribution < 1.29 is 9.90 Å². The van der Waals surface area contributed by atoms with E-state index in [2.05, 4.69) is 0 Å². The molecule has 1 saturated carbocycles. The van der Waals surface area contributed by atoms with E-state index in [1.807, 2.05) is 11.9 Å². The minimum absolute atomic E-state index is 0.454. The van der Waals surface area contributed by atoms with Crippen molar-refractivity contribution in [3.8, 4) is 0 Å². The highest BCUT2D eigenvalue weighted by atomic mass is 16.4. The van der Waals surface area contributed by atoms with E-state index in [9.17, 15) is 4.79 Å². The Kier molecular flexibility index (Phi) is 0.944. The minimum atomic E-state index is -0.635. The molecule has 3 fully saturated rings. The van der Waals surface area contributed by atoms with Crippen LogP contribution in [0.4, 0.5) is 0 Å². The standard InChI is InChI=1S/C7H11NO2/c1-8-4-5-2-7(8,3-5)6(9)10/h5H,2-4H2,1H3,(H,9,10). The van der Waals surface area contributed by atoms with Gasteiger partial charge in [0.2, 0.25) is 0 Å². The van der Waals surface area contributed by atoms with Gasteiger partial charge in [-0.15, -0.1) is 0 Å². The van der Waals surface area contributed by atoms with Gasteiger partial charge in [0.25, 0.3) is 0 Å². The van der Waals surface area contributed by atoms with Crippen molar-refractivity contribution in [1.29, 1.82) is 0 Å². The van der Waals surface area contributed by atoms with E-state index in [0.717, 1.165) is 19.4 Å². The summed E-state index contributed by atoms with van der Waals surface area (Å²) in [6.07, 6.45) is 1.75. The normalized spacial score (nSPS) is 45.1. The monoisotopic (exact) mass is 141 g/mol. The third-order valence-corrected chi connectivity index (χ3v) is 2.91.